The number of aryl methyl sites for hydroxylation is 1. The normalized spacial score (nSPS) is 11.1. The molecule has 0 bridgehead atoms. The lowest BCUT2D eigenvalue weighted by molar-refractivity contribution is 0.611. The van der Waals surface area contributed by atoms with E-state index in [1.807, 2.05) is 18.2 Å². The van der Waals surface area contributed by atoms with Crippen molar-refractivity contribution in [1.82, 2.24) is 4.98 Å². The van der Waals surface area contributed by atoms with Crippen molar-refractivity contribution in [3.63, 3.8) is 0 Å². The van der Waals surface area contributed by atoms with Crippen molar-refractivity contribution >= 4 is 11.1 Å². The minimum absolute atomic E-state index is 0.286. The Kier molecular flexibility index (Phi) is 3.03. The highest BCUT2D eigenvalue weighted by molar-refractivity contribution is 5.76. The first-order valence-electron chi connectivity index (χ1n) is 6.41. The quantitative estimate of drug-likeness (QED) is 0.684. The maximum atomic E-state index is 13.2. The van der Waals surface area contributed by atoms with Gasteiger partial charge in [0.05, 0.1) is 0 Å². The van der Waals surface area contributed by atoms with Gasteiger partial charge in [0.2, 0.25) is 5.89 Å². The second-order valence-corrected chi connectivity index (χ2v) is 4.58. The van der Waals surface area contributed by atoms with Crippen LogP contribution in [0.5, 0.6) is 0 Å². The Morgan fingerprint density at radius 1 is 1.16 bits per heavy atom. The fourth-order valence-corrected chi connectivity index (χ4v) is 2.16. The maximum Gasteiger partial charge on any atom is 0.227 e. The van der Waals surface area contributed by atoms with Crippen LogP contribution in [0.15, 0.2) is 46.9 Å². The third-order valence-electron chi connectivity index (χ3n) is 3.06. The Hall–Kier alpha value is -2.16. The van der Waals surface area contributed by atoms with Gasteiger partial charge in [0, 0.05) is 5.56 Å². The molecule has 0 aliphatic carbocycles. The molecule has 0 radical (unpaired) electrons. The zero-order valence-corrected chi connectivity index (χ0v) is 10.7. The van der Waals surface area contributed by atoms with Gasteiger partial charge in [-0.1, -0.05) is 25.5 Å². The molecular formula is C16H14FNO. The number of halogens is 1. The number of fused-ring (bicyclic) bond motifs is 1. The first-order valence-corrected chi connectivity index (χ1v) is 6.41. The summed E-state index contributed by atoms with van der Waals surface area (Å²) in [6, 6.07) is 12.3. The van der Waals surface area contributed by atoms with Crippen LogP contribution in [0.2, 0.25) is 0 Å². The topological polar surface area (TPSA) is 26.0 Å². The van der Waals surface area contributed by atoms with Crippen LogP contribution in [0, 0.1) is 5.82 Å². The predicted molar refractivity (Wildman–Crippen MR) is 73.4 cm³/mol. The minimum Gasteiger partial charge on any atom is -0.436 e. The molecule has 1 aromatic heterocycles. The third-order valence-corrected chi connectivity index (χ3v) is 3.06. The van der Waals surface area contributed by atoms with Crippen molar-refractivity contribution in [2.24, 2.45) is 0 Å². The van der Waals surface area contributed by atoms with Crippen molar-refractivity contribution < 1.29 is 8.81 Å². The molecule has 3 aromatic rings. The average Bonchev–Trinajstić information content (AvgIpc) is 2.82. The Morgan fingerprint density at radius 3 is 2.84 bits per heavy atom. The van der Waals surface area contributed by atoms with Gasteiger partial charge in [-0.3, -0.25) is 0 Å². The smallest absolute Gasteiger partial charge is 0.227 e. The van der Waals surface area contributed by atoms with E-state index in [0.29, 0.717) is 11.5 Å². The molecule has 96 valence electrons. The van der Waals surface area contributed by atoms with Crippen LogP contribution in [0.4, 0.5) is 4.39 Å². The van der Waals surface area contributed by atoms with Crippen molar-refractivity contribution in [3.05, 3.63) is 53.8 Å². The van der Waals surface area contributed by atoms with Crippen LogP contribution in [-0.4, -0.2) is 4.98 Å². The standard InChI is InChI=1S/C16H14FNO/c1-2-4-11-7-8-15-14(9-11)18-16(19-15)12-5-3-6-13(17)10-12/h3,5-10H,2,4H2,1H3. The lowest BCUT2D eigenvalue weighted by Gasteiger charge is -1.95. The van der Waals surface area contributed by atoms with Crippen LogP contribution >= 0.6 is 0 Å². The molecule has 2 aromatic carbocycles. The highest BCUT2D eigenvalue weighted by Crippen LogP contribution is 2.25. The third kappa shape index (κ3) is 2.36. The molecule has 0 atom stereocenters. The molecule has 3 heteroatoms. The number of hydrogen-bond acceptors (Lipinski definition) is 2. The van der Waals surface area contributed by atoms with Crippen LogP contribution < -0.4 is 0 Å². The summed E-state index contributed by atoms with van der Waals surface area (Å²) in [5.41, 5.74) is 3.46. The molecule has 2 nitrogen and oxygen atoms in total. The number of rotatable bonds is 3. The van der Waals surface area contributed by atoms with Gasteiger partial charge in [0.1, 0.15) is 11.3 Å². The van der Waals surface area contributed by atoms with E-state index in [2.05, 4.69) is 11.9 Å². The molecule has 0 aliphatic rings. The molecule has 0 fully saturated rings. The van der Waals surface area contributed by atoms with Gasteiger partial charge in [-0.05, 0) is 42.3 Å². The van der Waals surface area contributed by atoms with Gasteiger partial charge >= 0.3 is 0 Å². The van der Waals surface area contributed by atoms with E-state index in [1.54, 1.807) is 12.1 Å². The minimum atomic E-state index is -0.286. The second-order valence-electron chi connectivity index (χ2n) is 4.58. The molecule has 19 heavy (non-hydrogen) atoms. The lowest BCUT2D eigenvalue weighted by atomic mass is 10.1. The largest absolute Gasteiger partial charge is 0.436 e. The molecular weight excluding hydrogens is 241 g/mol. The second kappa shape index (κ2) is 4.84. The molecule has 0 N–H and O–H groups in total. The van der Waals surface area contributed by atoms with E-state index < -0.39 is 0 Å². The molecule has 0 saturated heterocycles. The van der Waals surface area contributed by atoms with Crippen molar-refractivity contribution in [2.75, 3.05) is 0 Å². The number of oxazole rings is 1. The first kappa shape index (κ1) is 11.9. The van der Waals surface area contributed by atoms with Crippen molar-refractivity contribution in [1.29, 1.82) is 0 Å². The highest BCUT2D eigenvalue weighted by atomic mass is 19.1. The van der Waals surface area contributed by atoms with E-state index in [9.17, 15) is 4.39 Å². The van der Waals surface area contributed by atoms with E-state index in [1.165, 1.54) is 17.7 Å². The van der Waals surface area contributed by atoms with Gasteiger partial charge in [-0.25, -0.2) is 9.37 Å². The Bertz CT molecular complexity index is 718. The fraction of sp³-hybridized carbons (Fsp3) is 0.188. The van der Waals surface area contributed by atoms with Crippen LogP contribution in [-0.2, 0) is 6.42 Å². The first-order chi connectivity index (χ1) is 9.26. The molecule has 0 spiro atoms. The maximum absolute atomic E-state index is 13.2. The summed E-state index contributed by atoms with van der Waals surface area (Å²) in [6.45, 7) is 2.14. The Labute approximate surface area is 110 Å². The molecule has 0 saturated carbocycles. The summed E-state index contributed by atoms with van der Waals surface area (Å²) < 4.78 is 18.9. The summed E-state index contributed by atoms with van der Waals surface area (Å²) in [7, 11) is 0. The average molecular weight is 255 g/mol. The summed E-state index contributed by atoms with van der Waals surface area (Å²) in [5.74, 6) is 0.176. The Balaban J connectivity index is 2.06. The van der Waals surface area contributed by atoms with Gasteiger partial charge in [-0.15, -0.1) is 0 Å². The summed E-state index contributed by atoms with van der Waals surface area (Å²) in [6.07, 6.45) is 2.12. The zero-order valence-electron chi connectivity index (χ0n) is 10.7. The van der Waals surface area contributed by atoms with E-state index >= 15 is 0 Å². The van der Waals surface area contributed by atoms with Gasteiger partial charge in [-0.2, -0.15) is 0 Å². The van der Waals surface area contributed by atoms with Gasteiger partial charge < -0.3 is 4.42 Å². The van der Waals surface area contributed by atoms with Crippen LogP contribution in [0.3, 0.4) is 0 Å². The van der Waals surface area contributed by atoms with E-state index in [0.717, 1.165) is 23.9 Å². The summed E-state index contributed by atoms with van der Waals surface area (Å²) >= 11 is 0. The Morgan fingerprint density at radius 2 is 2.05 bits per heavy atom. The number of aromatic nitrogens is 1. The number of hydrogen-bond donors (Lipinski definition) is 0. The van der Waals surface area contributed by atoms with Crippen molar-refractivity contribution in [2.45, 2.75) is 19.8 Å². The van der Waals surface area contributed by atoms with Crippen LogP contribution in [0.1, 0.15) is 18.9 Å². The molecule has 1 heterocycles. The predicted octanol–water partition coefficient (Wildman–Crippen LogP) is 4.59. The zero-order chi connectivity index (χ0) is 13.2. The monoisotopic (exact) mass is 255 g/mol. The van der Waals surface area contributed by atoms with Gasteiger partial charge in [0.15, 0.2) is 5.58 Å². The van der Waals surface area contributed by atoms with E-state index in [-0.39, 0.29) is 5.82 Å². The van der Waals surface area contributed by atoms with Crippen molar-refractivity contribution in [3.8, 4) is 11.5 Å². The summed E-state index contributed by atoms with van der Waals surface area (Å²) in [5, 5.41) is 0. The van der Waals surface area contributed by atoms with Crippen LogP contribution in [0.25, 0.3) is 22.6 Å². The van der Waals surface area contributed by atoms with Gasteiger partial charge in [0.25, 0.3) is 0 Å². The number of nitrogens with zero attached hydrogens (tertiary/aromatic N) is 1. The van der Waals surface area contributed by atoms with E-state index in [4.69, 9.17) is 4.42 Å². The molecule has 0 amide bonds. The molecule has 3 rings (SSSR count). The highest BCUT2D eigenvalue weighted by Gasteiger charge is 2.09. The lowest BCUT2D eigenvalue weighted by Crippen LogP contribution is -1.82. The molecule has 0 aliphatic heterocycles. The summed E-state index contributed by atoms with van der Waals surface area (Å²) in [4.78, 5) is 4.43. The fourth-order valence-electron chi connectivity index (χ4n) is 2.16. The number of benzene rings is 2. The molecule has 0 unspecified atom stereocenters. The SMILES string of the molecule is CCCc1ccc2oc(-c3cccc(F)c3)nc2c1.